The van der Waals surface area contributed by atoms with Gasteiger partial charge in [0.2, 0.25) is 11.9 Å². The summed E-state index contributed by atoms with van der Waals surface area (Å²) in [6.45, 7) is 2.84. The molecule has 0 spiro atoms. The Morgan fingerprint density at radius 3 is 2.38 bits per heavy atom. The highest BCUT2D eigenvalue weighted by Crippen LogP contribution is 2.26. The Kier molecular flexibility index (Phi) is 5.66. The highest BCUT2D eigenvalue weighted by atomic mass is 32.2. The number of aromatic nitrogens is 6. The van der Waals surface area contributed by atoms with E-state index in [0.29, 0.717) is 17.5 Å². The van der Waals surface area contributed by atoms with Crippen LogP contribution in [0.3, 0.4) is 0 Å². The molecule has 0 bridgehead atoms. The molecule has 146 valence electrons. The number of nitrogens with zero attached hydrogens (tertiary/aromatic N) is 6. The van der Waals surface area contributed by atoms with Gasteiger partial charge in [-0.3, -0.25) is 0 Å². The number of benzene rings is 2. The summed E-state index contributed by atoms with van der Waals surface area (Å²) in [7, 11) is 0. The van der Waals surface area contributed by atoms with Crippen molar-refractivity contribution in [2.75, 3.05) is 11.1 Å². The van der Waals surface area contributed by atoms with Crippen LogP contribution in [0.1, 0.15) is 12.7 Å². The minimum atomic E-state index is 0.177. The second-order valence-corrected chi connectivity index (χ2v) is 7.07. The highest BCUT2D eigenvalue weighted by molar-refractivity contribution is 7.98. The van der Waals surface area contributed by atoms with E-state index in [0.717, 1.165) is 28.8 Å². The average Bonchev–Trinajstić information content (AvgIpc) is 3.16. The van der Waals surface area contributed by atoms with Crippen LogP contribution < -0.4 is 11.1 Å². The van der Waals surface area contributed by atoms with Gasteiger partial charge in [0.15, 0.2) is 11.0 Å². The molecular weight excluding hydrogens is 384 g/mol. The Bertz CT molecular complexity index is 1080. The maximum Gasteiger partial charge on any atom is 0.232 e. The van der Waals surface area contributed by atoms with Crippen LogP contribution in [-0.4, -0.2) is 29.7 Å². The van der Waals surface area contributed by atoms with Crippen LogP contribution in [-0.2, 0) is 12.3 Å². The zero-order valence-corrected chi connectivity index (χ0v) is 16.7. The predicted molar refractivity (Wildman–Crippen MR) is 115 cm³/mol. The maximum atomic E-state index is 5.87. The van der Waals surface area contributed by atoms with Crippen LogP contribution >= 0.6 is 11.8 Å². The van der Waals surface area contributed by atoms with Gasteiger partial charge >= 0.3 is 0 Å². The molecular formula is C20H20N8S. The van der Waals surface area contributed by atoms with Gasteiger partial charge in [0, 0.05) is 17.8 Å². The van der Waals surface area contributed by atoms with Gasteiger partial charge in [-0.15, -0.1) is 10.2 Å². The SMILES string of the molecule is CCn1c(SCc2nc(N)nc(Nc3ccccc3)n2)nnc1-c1ccccc1. The monoisotopic (exact) mass is 404 g/mol. The first-order valence-electron chi connectivity index (χ1n) is 9.17. The molecule has 0 saturated carbocycles. The van der Waals surface area contributed by atoms with Crippen molar-refractivity contribution in [3.63, 3.8) is 0 Å². The average molecular weight is 405 g/mol. The number of hydrogen-bond donors (Lipinski definition) is 2. The molecule has 0 aliphatic rings. The smallest absolute Gasteiger partial charge is 0.232 e. The molecule has 9 heteroatoms. The molecule has 0 aliphatic heterocycles. The third kappa shape index (κ3) is 4.52. The van der Waals surface area contributed by atoms with Crippen molar-refractivity contribution in [2.45, 2.75) is 24.4 Å². The first kappa shape index (κ1) is 18.9. The van der Waals surface area contributed by atoms with Crippen LogP contribution in [0.4, 0.5) is 17.6 Å². The lowest BCUT2D eigenvalue weighted by molar-refractivity contribution is 0.687. The molecule has 0 aliphatic carbocycles. The van der Waals surface area contributed by atoms with Crippen LogP contribution in [0.25, 0.3) is 11.4 Å². The van der Waals surface area contributed by atoms with Gasteiger partial charge in [0.05, 0.1) is 5.75 Å². The summed E-state index contributed by atoms with van der Waals surface area (Å²) in [5.41, 5.74) is 7.79. The Balaban J connectivity index is 1.51. The van der Waals surface area contributed by atoms with Crippen LogP contribution in [0.5, 0.6) is 0 Å². The molecule has 0 fully saturated rings. The quantitative estimate of drug-likeness (QED) is 0.448. The molecule has 3 N–H and O–H groups in total. The fourth-order valence-corrected chi connectivity index (χ4v) is 3.68. The van der Waals surface area contributed by atoms with Crippen molar-refractivity contribution in [3.05, 3.63) is 66.5 Å². The zero-order chi connectivity index (χ0) is 20.1. The van der Waals surface area contributed by atoms with E-state index >= 15 is 0 Å². The molecule has 2 aromatic carbocycles. The minimum Gasteiger partial charge on any atom is -0.368 e. The number of hydrogen-bond acceptors (Lipinski definition) is 8. The summed E-state index contributed by atoms with van der Waals surface area (Å²) in [4.78, 5) is 12.9. The fraction of sp³-hybridized carbons (Fsp3) is 0.150. The zero-order valence-electron chi connectivity index (χ0n) is 15.9. The topological polar surface area (TPSA) is 107 Å². The van der Waals surface area contributed by atoms with E-state index < -0.39 is 0 Å². The summed E-state index contributed by atoms with van der Waals surface area (Å²) in [5.74, 6) is 2.52. The second-order valence-electron chi connectivity index (χ2n) is 6.13. The van der Waals surface area contributed by atoms with Crippen LogP contribution in [0.2, 0.25) is 0 Å². The van der Waals surface area contributed by atoms with Crippen LogP contribution in [0, 0.1) is 0 Å². The fourth-order valence-electron chi connectivity index (χ4n) is 2.82. The summed E-state index contributed by atoms with van der Waals surface area (Å²) < 4.78 is 2.08. The largest absolute Gasteiger partial charge is 0.368 e. The maximum absolute atomic E-state index is 5.87. The Labute approximate surface area is 172 Å². The van der Waals surface area contributed by atoms with Crippen molar-refractivity contribution in [2.24, 2.45) is 0 Å². The summed E-state index contributed by atoms with van der Waals surface area (Å²) >= 11 is 1.52. The van der Waals surface area contributed by atoms with E-state index in [1.54, 1.807) is 0 Å². The number of nitrogens with one attached hydrogen (secondary N) is 1. The van der Waals surface area contributed by atoms with Crippen molar-refractivity contribution >= 4 is 29.3 Å². The lowest BCUT2D eigenvalue weighted by atomic mass is 10.2. The summed E-state index contributed by atoms with van der Waals surface area (Å²) in [5, 5.41) is 12.7. The van der Waals surface area contributed by atoms with Crippen LogP contribution in [0.15, 0.2) is 65.8 Å². The molecule has 4 rings (SSSR count). The summed E-state index contributed by atoms with van der Waals surface area (Å²) in [6.07, 6.45) is 0. The molecule has 29 heavy (non-hydrogen) atoms. The lowest BCUT2D eigenvalue weighted by Gasteiger charge is -2.08. The molecule has 0 saturated heterocycles. The Morgan fingerprint density at radius 1 is 0.931 bits per heavy atom. The molecule has 0 atom stereocenters. The third-order valence-electron chi connectivity index (χ3n) is 4.12. The first-order valence-corrected chi connectivity index (χ1v) is 10.2. The number of anilines is 3. The third-order valence-corrected chi connectivity index (χ3v) is 5.09. The molecule has 0 unspecified atom stereocenters. The van der Waals surface area contributed by atoms with E-state index in [1.165, 1.54) is 11.8 Å². The lowest BCUT2D eigenvalue weighted by Crippen LogP contribution is -2.07. The Hall–Kier alpha value is -3.46. The molecule has 8 nitrogen and oxygen atoms in total. The normalized spacial score (nSPS) is 10.8. The second kappa shape index (κ2) is 8.70. The minimum absolute atomic E-state index is 0.177. The summed E-state index contributed by atoms with van der Waals surface area (Å²) in [6, 6.07) is 19.7. The van der Waals surface area contributed by atoms with Gasteiger partial charge in [-0.25, -0.2) is 0 Å². The van der Waals surface area contributed by atoms with Gasteiger partial charge < -0.3 is 15.6 Å². The van der Waals surface area contributed by atoms with Gasteiger partial charge in [0.1, 0.15) is 5.82 Å². The molecule has 2 heterocycles. The van der Waals surface area contributed by atoms with Crippen molar-refractivity contribution in [1.29, 1.82) is 0 Å². The molecule has 0 radical (unpaired) electrons. The van der Waals surface area contributed by atoms with Crippen molar-refractivity contribution < 1.29 is 0 Å². The van der Waals surface area contributed by atoms with Crippen molar-refractivity contribution in [1.82, 2.24) is 29.7 Å². The van der Waals surface area contributed by atoms with E-state index in [9.17, 15) is 0 Å². The number of thioether (sulfide) groups is 1. The van der Waals surface area contributed by atoms with Gasteiger partial charge in [-0.1, -0.05) is 60.3 Å². The van der Waals surface area contributed by atoms with Crippen molar-refractivity contribution in [3.8, 4) is 11.4 Å². The van der Waals surface area contributed by atoms with Gasteiger partial charge in [-0.05, 0) is 19.1 Å². The highest BCUT2D eigenvalue weighted by Gasteiger charge is 2.14. The molecule has 4 aromatic rings. The molecule has 2 aromatic heterocycles. The van der Waals surface area contributed by atoms with E-state index in [2.05, 4.69) is 42.0 Å². The standard InChI is InChI=1S/C20H20N8S/c1-2-28-17(14-9-5-3-6-10-14)26-27-20(28)29-13-16-23-18(21)25-19(24-16)22-15-11-7-4-8-12-15/h3-12H,2,13H2,1H3,(H3,21,22,23,24,25). The van der Waals surface area contributed by atoms with Gasteiger partial charge in [0.25, 0.3) is 0 Å². The molecule has 0 amide bonds. The predicted octanol–water partition coefficient (Wildman–Crippen LogP) is 3.77. The number of para-hydroxylation sites is 1. The number of rotatable bonds is 7. The number of nitrogens with two attached hydrogens (primary N) is 1. The number of nitrogen functional groups attached to an aromatic ring is 1. The first-order chi connectivity index (χ1) is 14.2. The van der Waals surface area contributed by atoms with E-state index in [1.807, 2.05) is 60.7 Å². The van der Waals surface area contributed by atoms with E-state index in [-0.39, 0.29) is 5.95 Å². The van der Waals surface area contributed by atoms with Gasteiger partial charge in [-0.2, -0.15) is 15.0 Å². The van der Waals surface area contributed by atoms with E-state index in [4.69, 9.17) is 5.73 Å². The Morgan fingerprint density at radius 2 is 1.66 bits per heavy atom.